The van der Waals surface area contributed by atoms with Crippen LogP contribution in [0.4, 0.5) is 4.39 Å². The number of thiophene rings is 1. The highest BCUT2D eigenvalue weighted by molar-refractivity contribution is 7.10. The van der Waals surface area contributed by atoms with Crippen molar-refractivity contribution in [3.63, 3.8) is 0 Å². The molecule has 0 spiro atoms. The molecule has 0 bridgehead atoms. The Kier molecular flexibility index (Phi) is 5.77. The molecule has 3 aromatic rings. The minimum absolute atomic E-state index is 0.210. The number of esters is 1. The lowest BCUT2D eigenvalue weighted by Crippen LogP contribution is -2.37. The number of amides is 1. The van der Waals surface area contributed by atoms with Crippen molar-refractivity contribution < 1.29 is 23.4 Å². The predicted molar refractivity (Wildman–Crippen MR) is 96.4 cm³/mol. The molecule has 138 valence electrons. The molecule has 0 radical (unpaired) electrons. The smallest absolute Gasteiger partial charge is 0.405 e. The number of halogens is 1. The number of carbonyl (C=O) groups excluding carboxylic acids is 2. The summed E-state index contributed by atoms with van der Waals surface area (Å²) in [6, 6.07) is 13.3. The van der Waals surface area contributed by atoms with Crippen molar-refractivity contribution in [2.45, 2.75) is 6.04 Å². The number of ether oxygens (including phenoxy) is 1. The SMILES string of the molecule is O=C(COC(=O)c1cccc[n+]1[O-])N[C@@H](c1ccc(F)cc1)c1cccs1. The summed E-state index contributed by atoms with van der Waals surface area (Å²) in [5.74, 6) is -1.81. The van der Waals surface area contributed by atoms with Crippen molar-refractivity contribution in [3.05, 3.63) is 93.3 Å². The van der Waals surface area contributed by atoms with E-state index in [2.05, 4.69) is 5.32 Å². The molecule has 1 amide bonds. The molecule has 2 heterocycles. The first-order chi connectivity index (χ1) is 13.0. The molecular formula is C19H15FN2O4S. The van der Waals surface area contributed by atoms with E-state index < -0.39 is 24.5 Å². The highest BCUT2D eigenvalue weighted by Crippen LogP contribution is 2.26. The van der Waals surface area contributed by atoms with Gasteiger partial charge in [-0.1, -0.05) is 18.2 Å². The Morgan fingerprint density at radius 3 is 2.59 bits per heavy atom. The third kappa shape index (κ3) is 4.68. The molecule has 6 nitrogen and oxygen atoms in total. The number of rotatable bonds is 6. The highest BCUT2D eigenvalue weighted by atomic mass is 32.1. The second-order valence-electron chi connectivity index (χ2n) is 5.56. The molecule has 1 aromatic carbocycles. The highest BCUT2D eigenvalue weighted by Gasteiger charge is 2.21. The van der Waals surface area contributed by atoms with Crippen molar-refractivity contribution in [2.24, 2.45) is 0 Å². The second kappa shape index (κ2) is 8.41. The van der Waals surface area contributed by atoms with E-state index in [9.17, 15) is 19.2 Å². The fraction of sp³-hybridized carbons (Fsp3) is 0.105. The zero-order valence-corrected chi connectivity index (χ0v) is 14.8. The van der Waals surface area contributed by atoms with Gasteiger partial charge in [0.2, 0.25) is 0 Å². The Labute approximate surface area is 158 Å². The first-order valence-electron chi connectivity index (χ1n) is 7.98. The lowest BCUT2D eigenvalue weighted by Gasteiger charge is -2.18. The van der Waals surface area contributed by atoms with E-state index >= 15 is 0 Å². The normalized spacial score (nSPS) is 11.6. The molecule has 27 heavy (non-hydrogen) atoms. The topological polar surface area (TPSA) is 82.3 Å². The minimum atomic E-state index is -0.893. The maximum atomic E-state index is 13.2. The summed E-state index contributed by atoms with van der Waals surface area (Å²) in [5, 5.41) is 16.2. The molecule has 3 rings (SSSR count). The van der Waals surface area contributed by atoms with Gasteiger partial charge in [-0.3, -0.25) is 4.79 Å². The Morgan fingerprint density at radius 1 is 1.15 bits per heavy atom. The van der Waals surface area contributed by atoms with E-state index in [1.807, 2.05) is 17.5 Å². The van der Waals surface area contributed by atoms with Crippen molar-refractivity contribution >= 4 is 23.2 Å². The summed E-state index contributed by atoms with van der Waals surface area (Å²) in [5.41, 5.74) is 0.484. The summed E-state index contributed by atoms with van der Waals surface area (Å²) in [6.07, 6.45) is 1.16. The molecule has 0 aliphatic rings. The maximum absolute atomic E-state index is 13.2. The van der Waals surface area contributed by atoms with E-state index in [-0.39, 0.29) is 11.5 Å². The van der Waals surface area contributed by atoms with Gasteiger partial charge in [-0.15, -0.1) is 11.3 Å². The summed E-state index contributed by atoms with van der Waals surface area (Å²) in [6.45, 7) is -0.545. The average Bonchev–Trinajstić information content (AvgIpc) is 3.20. The molecule has 2 aromatic heterocycles. The summed E-state index contributed by atoms with van der Waals surface area (Å²) >= 11 is 1.43. The lowest BCUT2D eigenvalue weighted by molar-refractivity contribution is -0.608. The molecule has 0 saturated carbocycles. The van der Waals surface area contributed by atoms with Crippen LogP contribution in [0.5, 0.6) is 0 Å². The van der Waals surface area contributed by atoms with Crippen LogP contribution in [-0.4, -0.2) is 18.5 Å². The van der Waals surface area contributed by atoms with E-state index in [1.165, 1.54) is 41.7 Å². The molecular weight excluding hydrogens is 371 g/mol. The largest absolute Gasteiger partial charge is 0.618 e. The van der Waals surface area contributed by atoms with Crippen LogP contribution in [-0.2, 0) is 9.53 Å². The van der Waals surface area contributed by atoms with Gasteiger partial charge in [-0.05, 0) is 35.2 Å². The average molecular weight is 386 g/mol. The van der Waals surface area contributed by atoms with Crippen LogP contribution in [0.2, 0.25) is 0 Å². The van der Waals surface area contributed by atoms with Crippen molar-refractivity contribution in [1.82, 2.24) is 5.32 Å². The lowest BCUT2D eigenvalue weighted by atomic mass is 10.1. The van der Waals surface area contributed by atoms with Gasteiger partial charge in [0.1, 0.15) is 5.82 Å². The van der Waals surface area contributed by atoms with E-state index in [0.29, 0.717) is 10.3 Å². The second-order valence-corrected chi connectivity index (χ2v) is 6.53. The number of benzene rings is 1. The van der Waals surface area contributed by atoms with Gasteiger partial charge in [0.05, 0.1) is 6.04 Å². The number of hydrogen-bond acceptors (Lipinski definition) is 5. The number of carbonyl (C=O) groups is 2. The summed E-state index contributed by atoms with van der Waals surface area (Å²) in [7, 11) is 0. The van der Waals surface area contributed by atoms with Crippen LogP contribution >= 0.6 is 11.3 Å². The van der Waals surface area contributed by atoms with Crippen LogP contribution in [0.3, 0.4) is 0 Å². The first-order valence-corrected chi connectivity index (χ1v) is 8.86. The minimum Gasteiger partial charge on any atom is -0.618 e. The quantitative estimate of drug-likeness (QED) is 0.401. The monoisotopic (exact) mass is 386 g/mol. The van der Waals surface area contributed by atoms with Gasteiger partial charge in [0.25, 0.3) is 5.91 Å². The molecule has 1 atom stereocenters. The summed E-state index contributed by atoms with van der Waals surface area (Å²) < 4.78 is 18.5. The van der Waals surface area contributed by atoms with E-state index in [4.69, 9.17) is 4.74 Å². The molecule has 0 unspecified atom stereocenters. The van der Waals surface area contributed by atoms with Crippen LogP contribution in [0.1, 0.15) is 27.0 Å². The van der Waals surface area contributed by atoms with Gasteiger partial charge in [0, 0.05) is 17.0 Å². The number of nitrogens with one attached hydrogen (secondary N) is 1. The zero-order valence-electron chi connectivity index (χ0n) is 14.0. The third-order valence-corrected chi connectivity index (χ3v) is 4.64. The van der Waals surface area contributed by atoms with Gasteiger partial charge < -0.3 is 15.3 Å². The van der Waals surface area contributed by atoms with Crippen LogP contribution in [0, 0.1) is 11.0 Å². The van der Waals surface area contributed by atoms with E-state index in [1.54, 1.807) is 12.1 Å². The number of pyridine rings is 1. The summed E-state index contributed by atoms with van der Waals surface area (Å²) in [4.78, 5) is 25.0. The van der Waals surface area contributed by atoms with Gasteiger partial charge in [0.15, 0.2) is 12.8 Å². The van der Waals surface area contributed by atoms with Crippen molar-refractivity contribution in [3.8, 4) is 0 Å². The van der Waals surface area contributed by atoms with Gasteiger partial charge in [-0.25, -0.2) is 9.18 Å². The van der Waals surface area contributed by atoms with Gasteiger partial charge in [-0.2, -0.15) is 4.73 Å². The maximum Gasteiger partial charge on any atom is 0.405 e. The van der Waals surface area contributed by atoms with E-state index in [0.717, 1.165) is 11.1 Å². The molecule has 1 N–H and O–H groups in total. The fourth-order valence-corrected chi connectivity index (χ4v) is 3.23. The van der Waals surface area contributed by atoms with Crippen LogP contribution in [0.25, 0.3) is 0 Å². The Balaban J connectivity index is 1.67. The molecule has 0 aliphatic carbocycles. The van der Waals surface area contributed by atoms with Crippen LogP contribution < -0.4 is 10.0 Å². The Hall–Kier alpha value is -3.26. The Morgan fingerprint density at radius 2 is 1.93 bits per heavy atom. The van der Waals surface area contributed by atoms with Crippen molar-refractivity contribution in [1.29, 1.82) is 0 Å². The Bertz CT molecular complexity index is 929. The number of hydrogen-bond donors (Lipinski definition) is 1. The van der Waals surface area contributed by atoms with Crippen LogP contribution in [0.15, 0.2) is 66.2 Å². The predicted octanol–water partition coefficient (Wildman–Crippen LogP) is 2.58. The van der Waals surface area contributed by atoms with Crippen molar-refractivity contribution in [2.75, 3.05) is 6.61 Å². The standard InChI is InChI=1S/C19H15FN2O4S/c20-14-8-6-13(7-9-14)18(16-5-3-11-27-16)21-17(23)12-26-19(24)15-4-1-2-10-22(15)25/h1-11,18H,12H2,(H,21,23)/t18-/m0/s1. The van der Waals surface area contributed by atoms with Gasteiger partial charge >= 0.3 is 11.7 Å². The molecule has 0 saturated heterocycles. The molecule has 0 aliphatic heterocycles. The third-order valence-electron chi connectivity index (χ3n) is 3.70. The molecule has 8 heteroatoms. The number of aromatic nitrogens is 1. The fourth-order valence-electron chi connectivity index (χ4n) is 2.42. The zero-order chi connectivity index (χ0) is 19.2. The molecule has 0 fully saturated rings. The number of nitrogens with zero attached hydrogens (tertiary/aromatic N) is 1. The first kappa shape index (κ1) is 18.5.